The summed E-state index contributed by atoms with van der Waals surface area (Å²) in [5, 5.41) is 8.94. The van der Waals surface area contributed by atoms with E-state index < -0.39 is 5.97 Å². The normalized spacial score (nSPS) is 10.2. The highest BCUT2D eigenvalue weighted by molar-refractivity contribution is 5.85. The van der Waals surface area contributed by atoms with Crippen molar-refractivity contribution < 1.29 is 14.6 Å². The second-order valence-electron chi connectivity index (χ2n) is 3.53. The number of imidazole rings is 1. The van der Waals surface area contributed by atoms with Crippen LogP contribution in [-0.2, 0) is 7.05 Å². The topological polar surface area (TPSA) is 64.3 Å². The number of benzene rings is 1. The summed E-state index contributed by atoms with van der Waals surface area (Å²) in [6.07, 6.45) is 1.53. The predicted octanol–water partition coefficient (Wildman–Crippen LogP) is 1.79. The number of rotatable bonds is 3. The lowest BCUT2D eigenvalue weighted by Gasteiger charge is -2.08. The molecule has 5 nitrogen and oxygen atoms in total. The van der Waals surface area contributed by atoms with Gasteiger partial charge in [0.1, 0.15) is 5.75 Å². The van der Waals surface area contributed by atoms with Crippen molar-refractivity contribution in [2.45, 2.75) is 0 Å². The van der Waals surface area contributed by atoms with Gasteiger partial charge < -0.3 is 14.4 Å². The van der Waals surface area contributed by atoms with E-state index in [-0.39, 0.29) is 5.82 Å². The zero-order chi connectivity index (χ0) is 12.4. The van der Waals surface area contributed by atoms with Gasteiger partial charge in [-0.25, -0.2) is 9.78 Å². The van der Waals surface area contributed by atoms with Crippen molar-refractivity contribution in [1.29, 1.82) is 0 Å². The Labute approximate surface area is 98.3 Å². The monoisotopic (exact) mass is 232 g/mol. The highest BCUT2D eigenvalue weighted by Crippen LogP contribution is 2.29. The molecule has 1 heterocycles. The average molecular weight is 232 g/mol. The maximum atomic E-state index is 10.9. The zero-order valence-corrected chi connectivity index (χ0v) is 9.54. The van der Waals surface area contributed by atoms with Crippen molar-refractivity contribution in [1.82, 2.24) is 9.55 Å². The summed E-state index contributed by atoms with van der Waals surface area (Å²) >= 11 is 0. The molecule has 0 aliphatic rings. The quantitative estimate of drug-likeness (QED) is 0.876. The van der Waals surface area contributed by atoms with Gasteiger partial charge in [0.25, 0.3) is 0 Å². The van der Waals surface area contributed by atoms with E-state index >= 15 is 0 Å². The SMILES string of the molecule is COc1ccccc1-c1cnc(C(=O)O)n1C. The van der Waals surface area contributed by atoms with Crippen molar-refractivity contribution in [3.8, 4) is 17.0 Å². The molecule has 0 unspecified atom stereocenters. The molecule has 2 rings (SSSR count). The first-order valence-electron chi connectivity index (χ1n) is 5.03. The number of ether oxygens (including phenoxy) is 1. The van der Waals surface area contributed by atoms with E-state index in [1.807, 2.05) is 24.3 Å². The zero-order valence-electron chi connectivity index (χ0n) is 9.54. The molecule has 1 aromatic heterocycles. The maximum absolute atomic E-state index is 10.9. The van der Waals surface area contributed by atoms with Crippen LogP contribution in [0.4, 0.5) is 0 Å². The molecule has 0 aliphatic heterocycles. The molecule has 5 heteroatoms. The molecule has 0 fully saturated rings. The van der Waals surface area contributed by atoms with Gasteiger partial charge in [0.2, 0.25) is 5.82 Å². The highest BCUT2D eigenvalue weighted by atomic mass is 16.5. The van der Waals surface area contributed by atoms with Gasteiger partial charge in [-0.1, -0.05) is 12.1 Å². The van der Waals surface area contributed by atoms with Crippen molar-refractivity contribution in [2.24, 2.45) is 7.05 Å². The third-order valence-corrected chi connectivity index (χ3v) is 2.56. The minimum Gasteiger partial charge on any atom is -0.496 e. The molecule has 1 aromatic carbocycles. The highest BCUT2D eigenvalue weighted by Gasteiger charge is 2.16. The van der Waals surface area contributed by atoms with E-state index in [1.165, 1.54) is 10.8 Å². The Hall–Kier alpha value is -2.30. The van der Waals surface area contributed by atoms with Crippen molar-refractivity contribution >= 4 is 5.97 Å². The first kappa shape index (κ1) is 11.2. The Bertz CT molecular complexity index is 561. The van der Waals surface area contributed by atoms with Crippen LogP contribution in [0.5, 0.6) is 5.75 Å². The van der Waals surface area contributed by atoms with Gasteiger partial charge >= 0.3 is 5.97 Å². The number of aromatic nitrogens is 2. The van der Waals surface area contributed by atoms with Crippen molar-refractivity contribution in [3.63, 3.8) is 0 Å². The molecule has 0 aliphatic carbocycles. The fourth-order valence-corrected chi connectivity index (χ4v) is 1.71. The predicted molar refractivity (Wildman–Crippen MR) is 62.2 cm³/mol. The van der Waals surface area contributed by atoms with E-state index in [0.717, 1.165) is 5.56 Å². The number of nitrogens with zero attached hydrogens (tertiary/aromatic N) is 2. The fraction of sp³-hybridized carbons (Fsp3) is 0.167. The van der Waals surface area contributed by atoms with Crippen LogP contribution >= 0.6 is 0 Å². The van der Waals surface area contributed by atoms with Gasteiger partial charge in [-0.3, -0.25) is 0 Å². The molecule has 0 atom stereocenters. The Balaban J connectivity index is 2.57. The van der Waals surface area contributed by atoms with Gasteiger partial charge in [-0.05, 0) is 12.1 Å². The summed E-state index contributed by atoms with van der Waals surface area (Å²) in [5.74, 6) is -0.355. The molecule has 1 N–H and O–H groups in total. The number of aromatic carboxylic acids is 1. The largest absolute Gasteiger partial charge is 0.496 e. The van der Waals surface area contributed by atoms with Gasteiger partial charge in [0.05, 0.1) is 19.0 Å². The van der Waals surface area contributed by atoms with Crippen LogP contribution < -0.4 is 4.74 Å². The number of hydrogen-bond acceptors (Lipinski definition) is 3. The molecule has 0 spiro atoms. The number of carboxylic acid groups (broad SMARTS) is 1. The van der Waals surface area contributed by atoms with Crippen LogP contribution in [0.1, 0.15) is 10.6 Å². The molecule has 0 amide bonds. The summed E-state index contributed by atoms with van der Waals surface area (Å²) in [6.45, 7) is 0. The van der Waals surface area contributed by atoms with E-state index in [2.05, 4.69) is 4.98 Å². The number of methoxy groups -OCH3 is 1. The second-order valence-corrected chi connectivity index (χ2v) is 3.53. The summed E-state index contributed by atoms with van der Waals surface area (Å²) in [7, 11) is 3.24. The Kier molecular flexibility index (Phi) is 2.82. The van der Waals surface area contributed by atoms with Gasteiger partial charge in [-0.2, -0.15) is 0 Å². The summed E-state index contributed by atoms with van der Waals surface area (Å²) in [4.78, 5) is 14.8. The van der Waals surface area contributed by atoms with Crippen molar-refractivity contribution in [3.05, 3.63) is 36.3 Å². The number of para-hydroxylation sites is 1. The molecule has 17 heavy (non-hydrogen) atoms. The third-order valence-electron chi connectivity index (χ3n) is 2.56. The summed E-state index contributed by atoms with van der Waals surface area (Å²) in [5.41, 5.74) is 1.53. The number of carbonyl (C=O) groups is 1. The van der Waals surface area contributed by atoms with E-state index in [4.69, 9.17) is 9.84 Å². The molecule has 0 saturated heterocycles. The Morgan fingerprint density at radius 2 is 2.12 bits per heavy atom. The van der Waals surface area contributed by atoms with E-state index in [9.17, 15) is 4.79 Å². The number of hydrogen-bond donors (Lipinski definition) is 1. The smallest absolute Gasteiger partial charge is 0.372 e. The number of carboxylic acids is 1. The molecule has 0 saturated carbocycles. The Morgan fingerprint density at radius 3 is 2.71 bits per heavy atom. The van der Waals surface area contributed by atoms with Crippen LogP contribution in [0, 0.1) is 0 Å². The average Bonchev–Trinajstić information content (AvgIpc) is 2.71. The second kappa shape index (κ2) is 4.29. The molecular weight excluding hydrogens is 220 g/mol. The summed E-state index contributed by atoms with van der Waals surface area (Å²) in [6, 6.07) is 7.41. The molecule has 88 valence electrons. The van der Waals surface area contributed by atoms with Crippen LogP contribution in [0.15, 0.2) is 30.5 Å². The minimum absolute atomic E-state index is 0.00547. The van der Waals surface area contributed by atoms with Gasteiger partial charge in [0.15, 0.2) is 0 Å². The molecular formula is C12H12N2O3. The fourth-order valence-electron chi connectivity index (χ4n) is 1.71. The van der Waals surface area contributed by atoms with Gasteiger partial charge in [-0.15, -0.1) is 0 Å². The Morgan fingerprint density at radius 1 is 1.41 bits per heavy atom. The van der Waals surface area contributed by atoms with Gasteiger partial charge in [0, 0.05) is 12.6 Å². The van der Waals surface area contributed by atoms with E-state index in [0.29, 0.717) is 11.4 Å². The minimum atomic E-state index is -1.05. The van der Waals surface area contributed by atoms with Crippen LogP contribution in [0.25, 0.3) is 11.3 Å². The molecule has 0 radical (unpaired) electrons. The van der Waals surface area contributed by atoms with Crippen LogP contribution in [0.3, 0.4) is 0 Å². The maximum Gasteiger partial charge on any atom is 0.372 e. The lowest BCUT2D eigenvalue weighted by atomic mass is 10.1. The van der Waals surface area contributed by atoms with Crippen molar-refractivity contribution in [2.75, 3.05) is 7.11 Å². The van der Waals surface area contributed by atoms with E-state index in [1.54, 1.807) is 14.2 Å². The lowest BCUT2D eigenvalue weighted by molar-refractivity contribution is 0.0680. The lowest BCUT2D eigenvalue weighted by Crippen LogP contribution is -2.06. The van der Waals surface area contributed by atoms with Crippen LogP contribution in [0.2, 0.25) is 0 Å². The summed E-state index contributed by atoms with van der Waals surface area (Å²) < 4.78 is 6.76. The molecule has 2 aromatic rings. The first-order valence-corrected chi connectivity index (χ1v) is 5.03. The third kappa shape index (κ3) is 1.87. The standard InChI is InChI=1S/C12H12N2O3/c1-14-9(7-13-11(14)12(15)16)8-5-3-4-6-10(8)17-2/h3-7H,1-2H3,(H,15,16). The van der Waals surface area contributed by atoms with Crippen LogP contribution in [-0.4, -0.2) is 27.7 Å². The first-order chi connectivity index (χ1) is 8.15. The molecule has 0 bridgehead atoms.